The summed E-state index contributed by atoms with van der Waals surface area (Å²) in [7, 11) is -3.59. The molecule has 4 nitrogen and oxygen atoms in total. The van der Waals surface area contributed by atoms with E-state index in [1.807, 2.05) is 17.8 Å². The Morgan fingerprint density at radius 3 is 2.80 bits per heavy atom. The van der Waals surface area contributed by atoms with Gasteiger partial charge in [-0.1, -0.05) is 6.07 Å². The Labute approximate surface area is 93.5 Å². The summed E-state index contributed by atoms with van der Waals surface area (Å²) in [6, 6.07) is 6.77. The van der Waals surface area contributed by atoms with Gasteiger partial charge in [-0.05, 0) is 18.2 Å². The van der Waals surface area contributed by atoms with Crippen LogP contribution in [0, 0.1) is 0 Å². The first-order chi connectivity index (χ1) is 7.07. The average molecular weight is 244 g/mol. The highest BCUT2D eigenvalue weighted by Crippen LogP contribution is 2.24. The number of nitrogens with two attached hydrogens (primary N) is 1. The molecule has 0 spiro atoms. The first-order valence-corrected chi connectivity index (χ1v) is 7.23. The van der Waals surface area contributed by atoms with Gasteiger partial charge in [0.25, 0.3) is 0 Å². The quantitative estimate of drug-likeness (QED) is 0.837. The lowest BCUT2D eigenvalue weighted by atomic mass is 10.3. The zero-order valence-electron chi connectivity index (χ0n) is 8.09. The fourth-order valence-corrected chi connectivity index (χ4v) is 3.01. The molecule has 0 unspecified atom stereocenters. The topological polar surface area (TPSA) is 63.4 Å². The molecule has 82 valence electrons. The van der Waals surface area contributed by atoms with Gasteiger partial charge in [0.05, 0.1) is 10.8 Å². The van der Waals surface area contributed by atoms with Crippen molar-refractivity contribution < 1.29 is 8.42 Å². The van der Waals surface area contributed by atoms with E-state index in [-0.39, 0.29) is 4.90 Å². The minimum atomic E-state index is -3.59. The summed E-state index contributed by atoms with van der Waals surface area (Å²) in [5.41, 5.74) is 0.923. The van der Waals surface area contributed by atoms with Crippen molar-refractivity contribution in [1.82, 2.24) is 0 Å². The van der Waals surface area contributed by atoms with Crippen LogP contribution in [0.3, 0.4) is 0 Å². The van der Waals surface area contributed by atoms with E-state index >= 15 is 0 Å². The molecule has 1 aliphatic rings. The van der Waals surface area contributed by atoms with E-state index in [2.05, 4.69) is 4.90 Å². The summed E-state index contributed by atoms with van der Waals surface area (Å²) in [6.45, 7) is 0.957. The van der Waals surface area contributed by atoms with Crippen LogP contribution in [0.1, 0.15) is 0 Å². The van der Waals surface area contributed by atoms with Gasteiger partial charge in [-0.25, -0.2) is 13.6 Å². The van der Waals surface area contributed by atoms with Gasteiger partial charge in [0.1, 0.15) is 0 Å². The zero-order chi connectivity index (χ0) is 10.9. The lowest BCUT2D eigenvalue weighted by Gasteiger charge is -2.16. The minimum absolute atomic E-state index is 0.178. The molecule has 1 aromatic rings. The maximum atomic E-state index is 11.2. The average Bonchev–Trinajstić information content (AvgIpc) is 2.69. The van der Waals surface area contributed by atoms with Gasteiger partial charge in [-0.15, -0.1) is 11.8 Å². The highest BCUT2D eigenvalue weighted by Gasteiger charge is 2.15. The summed E-state index contributed by atoms with van der Waals surface area (Å²) >= 11 is 1.84. The predicted octanol–water partition coefficient (Wildman–Crippen LogP) is 0.845. The van der Waals surface area contributed by atoms with Gasteiger partial charge in [0.2, 0.25) is 10.0 Å². The zero-order valence-corrected chi connectivity index (χ0v) is 9.72. The van der Waals surface area contributed by atoms with Gasteiger partial charge >= 0.3 is 0 Å². The molecule has 6 heteroatoms. The largest absolute Gasteiger partial charge is 0.361 e. The second-order valence-electron chi connectivity index (χ2n) is 3.34. The van der Waals surface area contributed by atoms with Gasteiger partial charge in [0, 0.05) is 18.0 Å². The van der Waals surface area contributed by atoms with Crippen LogP contribution in [0.25, 0.3) is 0 Å². The molecule has 1 heterocycles. The molecular weight excluding hydrogens is 232 g/mol. The Morgan fingerprint density at radius 2 is 2.20 bits per heavy atom. The predicted molar refractivity (Wildman–Crippen MR) is 62.5 cm³/mol. The van der Waals surface area contributed by atoms with Gasteiger partial charge < -0.3 is 4.90 Å². The van der Waals surface area contributed by atoms with Crippen molar-refractivity contribution in [2.45, 2.75) is 4.90 Å². The monoisotopic (exact) mass is 244 g/mol. The molecule has 0 amide bonds. The van der Waals surface area contributed by atoms with Crippen LogP contribution in [0.2, 0.25) is 0 Å². The van der Waals surface area contributed by atoms with Crippen LogP contribution < -0.4 is 10.0 Å². The summed E-state index contributed by atoms with van der Waals surface area (Å²) in [6.07, 6.45) is 0. The molecule has 0 atom stereocenters. The Kier molecular flexibility index (Phi) is 2.90. The first kappa shape index (κ1) is 10.8. The first-order valence-electron chi connectivity index (χ1n) is 4.53. The van der Waals surface area contributed by atoms with Gasteiger partial charge in [0.15, 0.2) is 0 Å². The van der Waals surface area contributed by atoms with Gasteiger partial charge in [-0.3, -0.25) is 0 Å². The van der Waals surface area contributed by atoms with Crippen molar-refractivity contribution in [3.63, 3.8) is 0 Å². The van der Waals surface area contributed by atoms with Crippen molar-refractivity contribution >= 4 is 27.5 Å². The number of benzene rings is 1. The van der Waals surface area contributed by atoms with Crippen LogP contribution in [-0.4, -0.2) is 26.6 Å². The van der Waals surface area contributed by atoms with E-state index in [0.29, 0.717) is 0 Å². The summed E-state index contributed by atoms with van der Waals surface area (Å²) in [5.74, 6) is 1.99. The standard InChI is InChI=1S/C9H12N2O2S2/c10-15(12,13)9-3-1-2-8(6-9)11-4-5-14-7-11/h1-3,6H,4-5,7H2,(H2,10,12,13). The van der Waals surface area contributed by atoms with Crippen molar-refractivity contribution in [2.24, 2.45) is 5.14 Å². The molecule has 0 aromatic heterocycles. The number of thioether (sulfide) groups is 1. The molecule has 0 bridgehead atoms. The molecule has 0 aliphatic carbocycles. The number of rotatable bonds is 2. The highest BCUT2D eigenvalue weighted by molar-refractivity contribution is 7.99. The van der Waals surface area contributed by atoms with Crippen molar-refractivity contribution in [1.29, 1.82) is 0 Å². The third kappa shape index (κ3) is 2.45. The lowest BCUT2D eigenvalue weighted by molar-refractivity contribution is 0.598. The van der Waals surface area contributed by atoms with Gasteiger partial charge in [-0.2, -0.15) is 0 Å². The number of primary sulfonamides is 1. The van der Waals surface area contributed by atoms with Crippen LogP contribution in [-0.2, 0) is 10.0 Å². The van der Waals surface area contributed by atoms with E-state index < -0.39 is 10.0 Å². The van der Waals surface area contributed by atoms with E-state index in [4.69, 9.17) is 5.14 Å². The molecule has 1 aromatic carbocycles. The normalized spacial score (nSPS) is 17.0. The molecule has 1 fully saturated rings. The molecule has 2 rings (SSSR count). The minimum Gasteiger partial charge on any atom is -0.361 e. The van der Waals surface area contributed by atoms with Crippen LogP contribution in [0.15, 0.2) is 29.2 Å². The third-order valence-corrected chi connectivity index (χ3v) is 4.14. The fourth-order valence-electron chi connectivity index (χ4n) is 1.47. The lowest BCUT2D eigenvalue weighted by Crippen LogP contribution is -2.19. The fraction of sp³-hybridized carbons (Fsp3) is 0.333. The number of anilines is 1. The SMILES string of the molecule is NS(=O)(=O)c1cccc(N2CCSC2)c1. The number of sulfonamides is 1. The molecule has 1 saturated heterocycles. The Bertz CT molecular complexity index is 453. The Morgan fingerprint density at radius 1 is 1.40 bits per heavy atom. The maximum Gasteiger partial charge on any atom is 0.238 e. The molecular formula is C9H12N2O2S2. The second kappa shape index (κ2) is 4.03. The molecule has 0 saturated carbocycles. The van der Waals surface area contributed by atoms with Crippen LogP contribution in [0.4, 0.5) is 5.69 Å². The molecule has 0 radical (unpaired) electrons. The number of hydrogen-bond acceptors (Lipinski definition) is 4. The molecule has 2 N–H and O–H groups in total. The summed E-state index contributed by atoms with van der Waals surface area (Å²) < 4.78 is 22.3. The number of hydrogen-bond donors (Lipinski definition) is 1. The van der Waals surface area contributed by atoms with Crippen molar-refractivity contribution in [3.8, 4) is 0 Å². The van der Waals surface area contributed by atoms with Crippen LogP contribution >= 0.6 is 11.8 Å². The molecule has 15 heavy (non-hydrogen) atoms. The van der Waals surface area contributed by atoms with Crippen molar-refractivity contribution in [3.05, 3.63) is 24.3 Å². The van der Waals surface area contributed by atoms with E-state index in [9.17, 15) is 8.42 Å². The molecule has 1 aliphatic heterocycles. The van der Waals surface area contributed by atoms with Crippen LogP contribution in [0.5, 0.6) is 0 Å². The maximum absolute atomic E-state index is 11.2. The highest BCUT2D eigenvalue weighted by atomic mass is 32.2. The Balaban J connectivity index is 2.34. The van der Waals surface area contributed by atoms with Crippen molar-refractivity contribution in [2.75, 3.05) is 23.1 Å². The Hall–Kier alpha value is -0.720. The number of nitrogens with zero attached hydrogens (tertiary/aromatic N) is 1. The summed E-state index contributed by atoms with van der Waals surface area (Å²) in [4.78, 5) is 2.32. The smallest absolute Gasteiger partial charge is 0.238 e. The third-order valence-electron chi connectivity index (χ3n) is 2.26. The summed E-state index contributed by atoms with van der Waals surface area (Å²) in [5, 5.41) is 5.07. The van der Waals surface area contributed by atoms with E-state index in [1.54, 1.807) is 12.1 Å². The van der Waals surface area contributed by atoms with E-state index in [1.165, 1.54) is 6.07 Å². The second-order valence-corrected chi connectivity index (χ2v) is 5.98. The van der Waals surface area contributed by atoms with E-state index in [0.717, 1.165) is 23.9 Å².